The summed E-state index contributed by atoms with van der Waals surface area (Å²) >= 11 is 0. The van der Waals surface area contributed by atoms with Crippen molar-refractivity contribution in [2.24, 2.45) is 5.73 Å². The summed E-state index contributed by atoms with van der Waals surface area (Å²) in [6.07, 6.45) is 1.65. The minimum absolute atomic E-state index is 0.0970. The number of hydrogen-bond donors (Lipinski definition) is 2. The van der Waals surface area contributed by atoms with E-state index in [-0.39, 0.29) is 11.6 Å². The second-order valence-electron chi connectivity index (χ2n) is 4.23. The number of nitrogens with two attached hydrogens (primary N) is 1. The molecule has 100 valence electrons. The van der Waals surface area contributed by atoms with Gasteiger partial charge in [-0.25, -0.2) is 8.42 Å². The fraction of sp³-hybridized carbons (Fsp3) is 0.417. The molecule has 0 aliphatic rings. The van der Waals surface area contributed by atoms with E-state index in [1.807, 2.05) is 35.2 Å². The summed E-state index contributed by atoms with van der Waals surface area (Å²) in [5, 5.41) is 7.24. The van der Waals surface area contributed by atoms with Crippen molar-refractivity contribution in [3.05, 3.63) is 30.3 Å². The van der Waals surface area contributed by atoms with Gasteiger partial charge >= 0.3 is 0 Å². The molecule has 0 aliphatic carbocycles. The molecule has 0 atom stereocenters. The summed E-state index contributed by atoms with van der Waals surface area (Å²) < 4.78 is 22.4. The zero-order chi connectivity index (χ0) is 13.6. The highest BCUT2D eigenvalue weighted by atomic mass is 32.2. The molecule has 3 N–H and O–H groups in total. The van der Waals surface area contributed by atoms with Crippen LogP contribution in [0, 0.1) is 5.41 Å². The normalized spacial score (nSPS) is 11.2. The highest BCUT2D eigenvalue weighted by Gasteiger charge is 2.10. The molecule has 18 heavy (non-hydrogen) atoms. The molecule has 0 saturated heterocycles. The molecule has 0 bridgehead atoms. The van der Waals surface area contributed by atoms with Crippen LogP contribution in [0.4, 0.5) is 5.69 Å². The van der Waals surface area contributed by atoms with Gasteiger partial charge in [-0.3, -0.25) is 5.41 Å². The quantitative estimate of drug-likeness (QED) is 0.568. The van der Waals surface area contributed by atoms with Crippen LogP contribution in [0.1, 0.15) is 6.42 Å². The number of para-hydroxylation sites is 1. The Labute approximate surface area is 108 Å². The largest absolute Gasteiger partial charge is 0.388 e. The lowest BCUT2D eigenvalue weighted by molar-refractivity contribution is 0.600. The van der Waals surface area contributed by atoms with Gasteiger partial charge in [0.1, 0.15) is 9.84 Å². The van der Waals surface area contributed by atoms with E-state index in [2.05, 4.69) is 0 Å². The molecule has 5 nitrogen and oxygen atoms in total. The SMILES string of the molecule is CS(=O)(=O)CCN(CCC(=N)N)c1ccccc1. The molecule has 0 unspecified atom stereocenters. The van der Waals surface area contributed by atoms with Crippen molar-refractivity contribution in [3.63, 3.8) is 0 Å². The van der Waals surface area contributed by atoms with Crippen LogP contribution >= 0.6 is 0 Å². The first-order valence-corrected chi connectivity index (χ1v) is 7.75. The van der Waals surface area contributed by atoms with Crippen LogP contribution < -0.4 is 10.6 Å². The average Bonchev–Trinajstić information content (AvgIpc) is 2.28. The summed E-state index contributed by atoms with van der Waals surface area (Å²) in [5.41, 5.74) is 6.29. The molecule has 1 rings (SSSR count). The Balaban J connectivity index is 2.72. The number of nitrogens with zero attached hydrogens (tertiary/aromatic N) is 1. The predicted molar refractivity (Wildman–Crippen MR) is 74.9 cm³/mol. The smallest absolute Gasteiger partial charge is 0.149 e. The van der Waals surface area contributed by atoms with Crippen LogP contribution in [0.2, 0.25) is 0 Å². The van der Waals surface area contributed by atoms with E-state index in [9.17, 15) is 8.42 Å². The lowest BCUT2D eigenvalue weighted by Crippen LogP contribution is -2.32. The molecule has 1 aromatic rings. The Morgan fingerprint density at radius 3 is 2.39 bits per heavy atom. The molecule has 0 fully saturated rings. The van der Waals surface area contributed by atoms with E-state index in [1.54, 1.807) is 0 Å². The summed E-state index contributed by atoms with van der Waals surface area (Å²) in [6.45, 7) is 0.963. The highest BCUT2D eigenvalue weighted by molar-refractivity contribution is 7.90. The van der Waals surface area contributed by atoms with Crippen molar-refractivity contribution in [3.8, 4) is 0 Å². The van der Waals surface area contributed by atoms with Gasteiger partial charge in [0.2, 0.25) is 0 Å². The first-order valence-electron chi connectivity index (χ1n) is 5.69. The van der Waals surface area contributed by atoms with Crippen molar-refractivity contribution in [2.75, 3.05) is 30.0 Å². The molecule has 6 heteroatoms. The zero-order valence-corrected chi connectivity index (χ0v) is 11.3. The van der Waals surface area contributed by atoms with Crippen LogP contribution in [0.3, 0.4) is 0 Å². The molecular weight excluding hydrogens is 250 g/mol. The molecule has 0 radical (unpaired) electrons. The van der Waals surface area contributed by atoms with Crippen molar-refractivity contribution in [1.29, 1.82) is 5.41 Å². The standard InChI is InChI=1S/C12H19N3O2S/c1-18(16,17)10-9-15(8-7-12(13)14)11-5-3-2-4-6-11/h2-6H,7-10H2,1H3,(H3,13,14). The van der Waals surface area contributed by atoms with E-state index in [1.165, 1.54) is 6.26 Å². The van der Waals surface area contributed by atoms with E-state index in [0.717, 1.165) is 5.69 Å². The fourth-order valence-corrected chi connectivity index (χ4v) is 2.09. The molecule has 0 heterocycles. The molecule has 0 saturated carbocycles. The predicted octanol–water partition coefficient (Wildman–Crippen LogP) is 0.864. The van der Waals surface area contributed by atoms with Crippen molar-refractivity contribution in [2.45, 2.75) is 6.42 Å². The second kappa shape index (κ2) is 6.39. The van der Waals surface area contributed by atoms with Crippen LogP contribution in [-0.4, -0.2) is 39.4 Å². The van der Waals surface area contributed by atoms with Crippen LogP contribution in [0.25, 0.3) is 0 Å². The van der Waals surface area contributed by atoms with Gasteiger partial charge in [0.15, 0.2) is 0 Å². The van der Waals surface area contributed by atoms with Gasteiger partial charge in [-0.15, -0.1) is 0 Å². The number of sulfone groups is 1. The number of amidine groups is 1. The summed E-state index contributed by atoms with van der Waals surface area (Å²) in [6, 6.07) is 9.54. The van der Waals surface area contributed by atoms with Gasteiger partial charge < -0.3 is 10.6 Å². The maximum atomic E-state index is 11.2. The topological polar surface area (TPSA) is 87.2 Å². The number of rotatable bonds is 7. The molecular formula is C12H19N3O2S. The number of nitrogens with one attached hydrogen (secondary N) is 1. The minimum atomic E-state index is -2.99. The first kappa shape index (κ1) is 14.5. The van der Waals surface area contributed by atoms with Gasteiger partial charge in [0, 0.05) is 31.5 Å². The van der Waals surface area contributed by atoms with Gasteiger partial charge in [-0.1, -0.05) is 18.2 Å². The molecule has 0 amide bonds. The van der Waals surface area contributed by atoms with Crippen LogP contribution in [0.5, 0.6) is 0 Å². The Morgan fingerprint density at radius 2 is 1.89 bits per heavy atom. The molecule has 0 spiro atoms. The highest BCUT2D eigenvalue weighted by Crippen LogP contribution is 2.13. The Bertz CT molecular complexity index is 485. The monoisotopic (exact) mass is 269 g/mol. The first-order chi connectivity index (χ1) is 8.38. The summed E-state index contributed by atoms with van der Waals surface area (Å²) in [4.78, 5) is 1.93. The van der Waals surface area contributed by atoms with Gasteiger partial charge in [0.25, 0.3) is 0 Å². The Kier molecular flexibility index (Phi) is 5.15. The van der Waals surface area contributed by atoms with E-state index < -0.39 is 9.84 Å². The number of benzene rings is 1. The molecule has 0 aliphatic heterocycles. The lowest BCUT2D eigenvalue weighted by Gasteiger charge is -2.24. The van der Waals surface area contributed by atoms with Crippen molar-refractivity contribution < 1.29 is 8.42 Å². The summed E-state index contributed by atoms with van der Waals surface area (Å²) in [5.74, 6) is 0.204. The Morgan fingerprint density at radius 1 is 1.28 bits per heavy atom. The third-order valence-corrected chi connectivity index (χ3v) is 3.43. The van der Waals surface area contributed by atoms with Gasteiger partial charge in [0.05, 0.1) is 11.6 Å². The third kappa shape index (κ3) is 5.67. The summed E-state index contributed by atoms with van der Waals surface area (Å²) in [7, 11) is -2.99. The van der Waals surface area contributed by atoms with Crippen molar-refractivity contribution >= 4 is 21.4 Å². The molecule has 1 aromatic carbocycles. The van der Waals surface area contributed by atoms with E-state index >= 15 is 0 Å². The van der Waals surface area contributed by atoms with Crippen molar-refractivity contribution in [1.82, 2.24) is 0 Å². The van der Waals surface area contributed by atoms with Gasteiger partial charge in [-0.2, -0.15) is 0 Å². The fourth-order valence-electron chi connectivity index (χ4n) is 1.54. The minimum Gasteiger partial charge on any atom is -0.388 e. The maximum Gasteiger partial charge on any atom is 0.149 e. The maximum absolute atomic E-state index is 11.2. The van der Waals surface area contributed by atoms with E-state index in [0.29, 0.717) is 19.5 Å². The third-order valence-electron chi connectivity index (χ3n) is 2.50. The lowest BCUT2D eigenvalue weighted by atomic mass is 10.2. The number of anilines is 1. The van der Waals surface area contributed by atoms with Crippen LogP contribution in [-0.2, 0) is 9.84 Å². The average molecular weight is 269 g/mol. The van der Waals surface area contributed by atoms with Gasteiger partial charge in [-0.05, 0) is 12.1 Å². The van der Waals surface area contributed by atoms with E-state index in [4.69, 9.17) is 11.1 Å². The number of hydrogen-bond acceptors (Lipinski definition) is 4. The Hall–Kier alpha value is -1.56. The second-order valence-corrected chi connectivity index (χ2v) is 6.49. The van der Waals surface area contributed by atoms with Crippen LogP contribution in [0.15, 0.2) is 30.3 Å². The zero-order valence-electron chi connectivity index (χ0n) is 10.5. The molecule has 0 aromatic heterocycles.